The Morgan fingerprint density at radius 2 is 2.06 bits per heavy atom. The SMILES string of the molecule is CCC(CC)C(=O)NCCc1nc(C(C)C)cs1. The average Bonchev–Trinajstić information content (AvgIpc) is 2.79. The van der Waals surface area contributed by atoms with Crippen LogP contribution in [-0.2, 0) is 11.2 Å². The van der Waals surface area contributed by atoms with Crippen molar-refractivity contribution >= 4 is 17.2 Å². The van der Waals surface area contributed by atoms with Gasteiger partial charge < -0.3 is 5.32 Å². The van der Waals surface area contributed by atoms with Crippen molar-refractivity contribution in [2.24, 2.45) is 5.92 Å². The molecule has 0 saturated carbocycles. The van der Waals surface area contributed by atoms with Crippen molar-refractivity contribution in [3.05, 3.63) is 16.1 Å². The Morgan fingerprint density at radius 3 is 2.56 bits per heavy atom. The Hall–Kier alpha value is -0.900. The molecule has 18 heavy (non-hydrogen) atoms. The van der Waals surface area contributed by atoms with E-state index in [1.54, 1.807) is 11.3 Å². The maximum atomic E-state index is 11.8. The van der Waals surface area contributed by atoms with Crippen molar-refractivity contribution in [1.29, 1.82) is 0 Å². The molecule has 0 fully saturated rings. The zero-order chi connectivity index (χ0) is 13.5. The zero-order valence-electron chi connectivity index (χ0n) is 11.8. The second-order valence-electron chi connectivity index (χ2n) is 4.88. The highest BCUT2D eigenvalue weighted by Crippen LogP contribution is 2.17. The van der Waals surface area contributed by atoms with E-state index in [4.69, 9.17) is 0 Å². The van der Waals surface area contributed by atoms with Gasteiger partial charge in [0.25, 0.3) is 0 Å². The van der Waals surface area contributed by atoms with Gasteiger partial charge in [0.05, 0.1) is 10.7 Å². The smallest absolute Gasteiger partial charge is 0.223 e. The third-order valence-electron chi connectivity index (χ3n) is 3.16. The highest BCUT2D eigenvalue weighted by Gasteiger charge is 2.13. The highest BCUT2D eigenvalue weighted by atomic mass is 32.1. The molecule has 0 aliphatic heterocycles. The third kappa shape index (κ3) is 4.41. The molecule has 1 heterocycles. The Bertz CT molecular complexity index is 370. The molecule has 3 nitrogen and oxygen atoms in total. The van der Waals surface area contributed by atoms with E-state index in [9.17, 15) is 4.79 Å². The van der Waals surface area contributed by atoms with Crippen molar-refractivity contribution in [2.45, 2.75) is 52.9 Å². The number of rotatable bonds is 7. The molecule has 0 bridgehead atoms. The minimum absolute atomic E-state index is 0.160. The van der Waals surface area contributed by atoms with Crippen molar-refractivity contribution in [2.75, 3.05) is 6.54 Å². The monoisotopic (exact) mass is 268 g/mol. The second-order valence-corrected chi connectivity index (χ2v) is 5.82. The molecule has 0 atom stereocenters. The van der Waals surface area contributed by atoms with E-state index in [1.165, 1.54) is 0 Å². The van der Waals surface area contributed by atoms with Crippen molar-refractivity contribution in [3.8, 4) is 0 Å². The molecular weight excluding hydrogens is 244 g/mol. The number of thiazole rings is 1. The first-order chi connectivity index (χ1) is 8.58. The second kappa shape index (κ2) is 7.52. The van der Waals surface area contributed by atoms with Crippen LogP contribution in [0, 0.1) is 5.92 Å². The summed E-state index contributed by atoms with van der Waals surface area (Å²) in [5.41, 5.74) is 1.15. The van der Waals surface area contributed by atoms with Crippen LogP contribution >= 0.6 is 11.3 Å². The van der Waals surface area contributed by atoms with Crippen LogP contribution in [0.1, 0.15) is 57.2 Å². The fraction of sp³-hybridized carbons (Fsp3) is 0.714. The summed E-state index contributed by atoms with van der Waals surface area (Å²) < 4.78 is 0. The van der Waals surface area contributed by atoms with Crippen LogP contribution < -0.4 is 5.32 Å². The van der Waals surface area contributed by atoms with E-state index in [1.807, 2.05) is 0 Å². The van der Waals surface area contributed by atoms with Gasteiger partial charge in [0, 0.05) is 24.3 Å². The first-order valence-electron chi connectivity index (χ1n) is 6.80. The number of carbonyl (C=O) groups excluding carboxylic acids is 1. The Kier molecular flexibility index (Phi) is 6.33. The zero-order valence-corrected chi connectivity index (χ0v) is 12.6. The molecule has 0 aliphatic rings. The molecule has 1 aromatic rings. The van der Waals surface area contributed by atoms with Crippen molar-refractivity contribution in [1.82, 2.24) is 10.3 Å². The molecule has 102 valence electrons. The summed E-state index contributed by atoms with van der Waals surface area (Å²) >= 11 is 1.69. The van der Waals surface area contributed by atoms with Gasteiger partial charge in [-0.2, -0.15) is 0 Å². The predicted molar refractivity (Wildman–Crippen MR) is 77.0 cm³/mol. The standard InChI is InChI=1S/C14H24N2OS/c1-5-11(6-2)14(17)15-8-7-13-16-12(9-18-13)10(3)4/h9-11H,5-8H2,1-4H3,(H,15,17). The quantitative estimate of drug-likeness (QED) is 0.824. The lowest BCUT2D eigenvalue weighted by Gasteiger charge is -2.11. The minimum atomic E-state index is 0.160. The number of hydrogen-bond donors (Lipinski definition) is 1. The van der Waals surface area contributed by atoms with E-state index in [-0.39, 0.29) is 11.8 Å². The molecule has 1 N–H and O–H groups in total. The molecule has 0 spiro atoms. The molecule has 0 radical (unpaired) electrons. The number of hydrogen-bond acceptors (Lipinski definition) is 3. The lowest BCUT2D eigenvalue weighted by atomic mass is 10.0. The van der Waals surface area contributed by atoms with Crippen LogP contribution in [0.5, 0.6) is 0 Å². The third-order valence-corrected chi connectivity index (χ3v) is 4.08. The first kappa shape index (κ1) is 15.2. The maximum Gasteiger partial charge on any atom is 0.223 e. The summed E-state index contributed by atoms with van der Waals surface area (Å²) in [7, 11) is 0. The number of carbonyl (C=O) groups is 1. The summed E-state index contributed by atoms with van der Waals surface area (Å²) in [6, 6.07) is 0. The van der Waals surface area contributed by atoms with Crippen LogP contribution in [0.3, 0.4) is 0 Å². The summed E-state index contributed by atoms with van der Waals surface area (Å²) in [6.45, 7) is 9.11. The van der Waals surface area contributed by atoms with Gasteiger partial charge in [0.15, 0.2) is 0 Å². The normalized spacial score (nSPS) is 11.2. The molecule has 0 unspecified atom stereocenters. The number of nitrogens with zero attached hydrogens (tertiary/aromatic N) is 1. The molecule has 4 heteroatoms. The fourth-order valence-electron chi connectivity index (χ4n) is 1.80. The van der Waals surface area contributed by atoms with E-state index >= 15 is 0 Å². The number of nitrogens with one attached hydrogen (secondary N) is 1. The van der Waals surface area contributed by atoms with Crippen LogP contribution in [-0.4, -0.2) is 17.4 Å². The summed E-state index contributed by atoms with van der Waals surface area (Å²) in [6.07, 6.45) is 2.66. The predicted octanol–water partition coefficient (Wildman–Crippen LogP) is 3.36. The summed E-state index contributed by atoms with van der Waals surface area (Å²) in [4.78, 5) is 16.3. The van der Waals surface area contributed by atoms with Gasteiger partial charge >= 0.3 is 0 Å². The van der Waals surface area contributed by atoms with E-state index in [0.717, 1.165) is 30.0 Å². The van der Waals surface area contributed by atoms with Crippen molar-refractivity contribution in [3.63, 3.8) is 0 Å². The van der Waals surface area contributed by atoms with Gasteiger partial charge in [0.1, 0.15) is 0 Å². The van der Waals surface area contributed by atoms with Crippen LogP contribution in [0.15, 0.2) is 5.38 Å². The molecule has 1 rings (SSSR count). The Balaban J connectivity index is 2.34. The van der Waals surface area contributed by atoms with Gasteiger partial charge in [-0.15, -0.1) is 11.3 Å². The number of amides is 1. The lowest BCUT2D eigenvalue weighted by molar-refractivity contribution is -0.125. The van der Waals surface area contributed by atoms with E-state index in [2.05, 4.69) is 43.4 Å². The van der Waals surface area contributed by atoms with Gasteiger partial charge in [-0.3, -0.25) is 4.79 Å². The number of aromatic nitrogens is 1. The van der Waals surface area contributed by atoms with Gasteiger partial charge in [-0.05, 0) is 18.8 Å². The highest BCUT2D eigenvalue weighted by molar-refractivity contribution is 7.09. The van der Waals surface area contributed by atoms with Crippen LogP contribution in [0.2, 0.25) is 0 Å². The lowest BCUT2D eigenvalue weighted by Crippen LogP contribution is -2.31. The molecule has 0 aromatic carbocycles. The maximum absolute atomic E-state index is 11.8. The van der Waals surface area contributed by atoms with Gasteiger partial charge in [0.2, 0.25) is 5.91 Å². The van der Waals surface area contributed by atoms with Gasteiger partial charge in [-0.25, -0.2) is 4.98 Å². The largest absolute Gasteiger partial charge is 0.355 e. The van der Waals surface area contributed by atoms with E-state index in [0.29, 0.717) is 12.5 Å². The summed E-state index contributed by atoms with van der Waals surface area (Å²) in [5.74, 6) is 0.822. The molecule has 0 aliphatic carbocycles. The van der Waals surface area contributed by atoms with E-state index < -0.39 is 0 Å². The van der Waals surface area contributed by atoms with Gasteiger partial charge in [-0.1, -0.05) is 27.7 Å². The minimum Gasteiger partial charge on any atom is -0.355 e. The molecule has 1 amide bonds. The van der Waals surface area contributed by atoms with Crippen LogP contribution in [0.25, 0.3) is 0 Å². The first-order valence-corrected chi connectivity index (χ1v) is 7.68. The average molecular weight is 268 g/mol. The topological polar surface area (TPSA) is 42.0 Å². The van der Waals surface area contributed by atoms with Crippen molar-refractivity contribution < 1.29 is 4.79 Å². The van der Waals surface area contributed by atoms with Crippen LogP contribution in [0.4, 0.5) is 0 Å². The molecule has 1 aromatic heterocycles. The molecular formula is C14H24N2OS. The summed E-state index contributed by atoms with van der Waals surface area (Å²) in [5, 5.41) is 6.23. The molecule has 0 saturated heterocycles. The Morgan fingerprint density at radius 1 is 1.39 bits per heavy atom. The Labute approximate surface area is 114 Å². The fourth-order valence-corrected chi connectivity index (χ4v) is 2.76.